The summed E-state index contributed by atoms with van der Waals surface area (Å²) in [6.45, 7) is 3.35. The van der Waals surface area contributed by atoms with Crippen LogP contribution in [-0.2, 0) is 5.75 Å². The Balaban J connectivity index is 1.24. The molecule has 4 rings (SSSR count). The Labute approximate surface area is 165 Å². The second kappa shape index (κ2) is 8.68. The zero-order chi connectivity index (χ0) is 18.5. The zero-order valence-electron chi connectivity index (χ0n) is 15.8. The molecule has 3 nitrogen and oxygen atoms in total. The van der Waals surface area contributed by atoms with Crippen molar-refractivity contribution < 1.29 is 4.74 Å². The molecule has 0 saturated heterocycles. The van der Waals surface area contributed by atoms with Crippen molar-refractivity contribution in [2.45, 2.75) is 12.2 Å². The van der Waals surface area contributed by atoms with Crippen molar-refractivity contribution in [3.8, 4) is 5.75 Å². The van der Waals surface area contributed by atoms with Crippen LogP contribution in [0, 0.1) is 0 Å². The first-order chi connectivity index (χ1) is 13.3. The lowest BCUT2D eigenvalue weighted by molar-refractivity contribution is 0.321. The van der Waals surface area contributed by atoms with E-state index in [2.05, 4.69) is 58.6 Å². The SMILES string of the molecule is COc1ccc(C2=CCN(CCSCc3c[nH]c4ccccc34)CC2)cc1. The van der Waals surface area contributed by atoms with E-state index in [1.807, 2.05) is 23.9 Å². The standard InChI is InChI=1S/C23H26N2OS/c1-26-21-8-6-18(7-9-21)19-10-12-25(13-11-19)14-15-27-17-20-16-24-23-5-3-2-4-22(20)23/h2-10,16,24H,11-15,17H2,1H3. The molecule has 0 aliphatic carbocycles. The molecule has 0 atom stereocenters. The van der Waals surface area contributed by atoms with Gasteiger partial charge in [-0.15, -0.1) is 0 Å². The number of aromatic amines is 1. The molecular formula is C23H26N2OS. The van der Waals surface area contributed by atoms with Gasteiger partial charge in [0.2, 0.25) is 0 Å². The lowest BCUT2D eigenvalue weighted by Crippen LogP contribution is -2.30. The molecule has 1 N–H and O–H groups in total. The highest BCUT2D eigenvalue weighted by Crippen LogP contribution is 2.25. The summed E-state index contributed by atoms with van der Waals surface area (Å²) < 4.78 is 5.25. The Morgan fingerprint density at radius 1 is 1.11 bits per heavy atom. The molecule has 0 amide bonds. The molecule has 140 valence electrons. The van der Waals surface area contributed by atoms with Crippen molar-refractivity contribution >= 4 is 28.2 Å². The molecule has 1 aliphatic heterocycles. The molecule has 4 heteroatoms. The van der Waals surface area contributed by atoms with Gasteiger partial charge in [0.1, 0.15) is 5.75 Å². The van der Waals surface area contributed by atoms with Crippen LogP contribution in [0.25, 0.3) is 16.5 Å². The maximum Gasteiger partial charge on any atom is 0.118 e. The normalized spacial score (nSPS) is 15.1. The first-order valence-electron chi connectivity index (χ1n) is 9.52. The highest BCUT2D eigenvalue weighted by Gasteiger charge is 2.13. The lowest BCUT2D eigenvalue weighted by atomic mass is 9.99. The largest absolute Gasteiger partial charge is 0.497 e. The van der Waals surface area contributed by atoms with Crippen LogP contribution in [0.3, 0.4) is 0 Å². The summed E-state index contributed by atoms with van der Waals surface area (Å²) in [5.41, 5.74) is 5.43. The number of aromatic nitrogens is 1. The fourth-order valence-electron chi connectivity index (χ4n) is 3.61. The Bertz CT molecular complexity index is 914. The van der Waals surface area contributed by atoms with Gasteiger partial charge in [0, 0.05) is 48.2 Å². The Morgan fingerprint density at radius 2 is 1.96 bits per heavy atom. The van der Waals surface area contributed by atoms with Gasteiger partial charge in [-0.2, -0.15) is 11.8 Å². The molecule has 3 aromatic rings. The van der Waals surface area contributed by atoms with E-state index in [1.165, 1.54) is 33.4 Å². The van der Waals surface area contributed by atoms with Crippen LogP contribution in [0.2, 0.25) is 0 Å². The molecule has 0 saturated carbocycles. The van der Waals surface area contributed by atoms with Gasteiger partial charge in [-0.3, -0.25) is 4.90 Å². The fraction of sp³-hybridized carbons (Fsp3) is 0.304. The number of hydrogen-bond donors (Lipinski definition) is 1. The van der Waals surface area contributed by atoms with Crippen LogP contribution in [0.1, 0.15) is 17.5 Å². The number of nitrogens with zero attached hydrogens (tertiary/aromatic N) is 1. The number of hydrogen-bond acceptors (Lipinski definition) is 3. The van der Waals surface area contributed by atoms with Gasteiger partial charge < -0.3 is 9.72 Å². The van der Waals surface area contributed by atoms with Gasteiger partial charge in [0.15, 0.2) is 0 Å². The third kappa shape index (κ3) is 4.40. The Kier molecular flexibility index (Phi) is 5.85. The monoisotopic (exact) mass is 378 g/mol. The second-order valence-electron chi connectivity index (χ2n) is 6.92. The first-order valence-corrected chi connectivity index (χ1v) is 10.7. The number of nitrogens with one attached hydrogen (secondary N) is 1. The van der Waals surface area contributed by atoms with Gasteiger partial charge in [0.25, 0.3) is 0 Å². The fourth-order valence-corrected chi connectivity index (χ4v) is 4.60. The molecule has 0 spiro atoms. The molecule has 2 aromatic carbocycles. The van der Waals surface area contributed by atoms with E-state index < -0.39 is 0 Å². The first kappa shape index (κ1) is 18.2. The minimum absolute atomic E-state index is 0.920. The molecular weight excluding hydrogens is 352 g/mol. The number of methoxy groups -OCH3 is 1. The van der Waals surface area contributed by atoms with Gasteiger partial charge in [-0.1, -0.05) is 36.4 Å². The second-order valence-corrected chi connectivity index (χ2v) is 8.03. The van der Waals surface area contributed by atoms with Crippen LogP contribution in [0.4, 0.5) is 0 Å². The minimum Gasteiger partial charge on any atom is -0.497 e. The predicted octanol–water partition coefficient (Wildman–Crippen LogP) is 5.20. The number of para-hydroxylation sites is 1. The Hall–Kier alpha value is -2.17. The van der Waals surface area contributed by atoms with E-state index in [4.69, 9.17) is 4.74 Å². The highest BCUT2D eigenvalue weighted by atomic mass is 32.2. The average molecular weight is 379 g/mol. The van der Waals surface area contributed by atoms with E-state index in [1.54, 1.807) is 7.11 Å². The number of H-pyrrole nitrogens is 1. The van der Waals surface area contributed by atoms with E-state index in [9.17, 15) is 0 Å². The average Bonchev–Trinajstić information content (AvgIpc) is 3.15. The van der Waals surface area contributed by atoms with Crippen LogP contribution in [0.5, 0.6) is 5.75 Å². The van der Waals surface area contributed by atoms with Crippen LogP contribution in [-0.4, -0.2) is 42.4 Å². The Morgan fingerprint density at radius 3 is 2.74 bits per heavy atom. The third-order valence-electron chi connectivity index (χ3n) is 5.24. The topological polar surface area (TPSA) is 28.3 Å². The zero-order valence-corrected chi connectivity index (χ0v) is 16.6. The van der Waals surface area contributed by atoms with Gasteiger partial charge in [0.05, 0.1) is 7.11 Å². The van der Waals surface area contributed by atoms with Crippen LogP contribution < -0.4 is 4.74 Å². The van der Waals surface area contributed by atoms with Gasteiger partial charge >= 0.3 is 0 Å². The van der Waals surface area contributed by atoms with Crippen molar-refractivity contribution in [3.05, 3.63) is 71.9 Å². The quantitative estimate of drug-likeness (QED) is 0.573. The number of thioether (sulfide) groups is 1. The summed E-state index contributed by atoms with van der Waals surface area (Å²) in [6.07, 6.45) is 5.66. The maximum absolute atomic E-state index is 5.25. The molecule has 1 aliphatic rings. The summed E-state index contributed by atoms with van der Waals surface area (Å²) in [6, 6.07) is 17.0. The molecule has 0 bridgehead atoms. The van der Waals surface area contributed by atoms with Gasteiger partial charge in [-0.25, -0.2) is 0 Å². The summed E-state index contributed by atoms with van der Waals surface area (Å²) in [4.78, 5) is 5.92. The van der Waals surface area contributed by atoms with Crippen LogP contribution >= 0.6 is 11.8 Å². The number of rotatable bonds is 7. The van der Waals surface area contributed by atoms with E-state index in [-0.39, 0.29) is 0 Å². The molecule has 27 heavy (non-hydrogen) atoms. The summed E-state index contributed by atoms with van der Waals surface area (Å²) >= 11 is 2.02. The lowest BCUT2D eigenvalue weighted by Gasteiger charge is -2.26. The van der Waals surface area contributed by atoms with Crippen LogP contribution in [0.15, 0.2) is 60.8 Å². The molecule has 1 aromatic heterocycles. The third-order valence-corrected chi connectivity index (χ3v) is 6.22. The number of fused-ring (bicyclic) bond motifs is 1. The summed E-state index contributed by atoms with van der Waals surface area (Å²) in [5.74, 6) is 3.17. The van der Waals surface area contributed by atoms with E-state index >= 15 is 0 Å². The minimum atomic E-state index is 0.920. The van der Waals surface area contributed by atoms with E-state index in [0.29, 0.717) is 0 Å². The molecule has 2 heterocycles. The molecule has 0 radical (unpaired) electrons. The maximum atomic E-state index is 5.25. The number of ether oxygens (including phenoxy) is 1. The molecule has 0 fully saturated rings. The van der Waals surface area contributed by atoms with Crippen molar-refractivity contribution in [1.29, 1.82) is 0 Å². The summed E-state index contributed by atoms with van der Waals surface area (Å²) in [5, 5.41) is 1.36. The van der Waals surface area contributed by atoms with Gasteiger partial charge in [-0.05, 0) is 41.3 Å². The summed E-state index contributed by atoms with van der Waals surface area (Å²) in [7, 11) is 1.71. The van der Waals surface area contributed by atoms with Crippen molar-refractivity contribution in [1.82, 2.24) is 9.88 Å². The van der Waals surface area contributed by atoms with Crippen molar-refractivity contribution in [2.24, 2.45) is 0 Å². The number of benzene rings is 2. The van der Waals surface area contributed by atoms with Crippen molar-refractivity contribution in [3.63, 3.8) is 0 Å². The van der Waals surface area contributed by atoms with Crippen molar-refractivity contribution in [2.75, 3.05) is 32.5 Å². The predicted molar refractivity (Wildman–Crippen MR) is 116 cm³/mol. The highest BCUT2D eigenvalue weighted by molar-refractivity contribution is 7.98. The smallest absolute Gasteiger partial charge is 0.118 e. The van der Waals surface area contributed by atoms with E-state index in [0.717, 1.165) is 37.6 Å². The molecule has 0 unspecified atom stereocenters.